The van der Waals surface area contributed by atoms with E-state index < -0.39 is 0 Å². The van der Waals surface area contributed by atoms with Crippen LogP contribution < -0.4 is 0 Å². The standard InChI is InChI=1S/C17H23NO3/c1-13-3-4-14(19)11-15(13)16(20)18-8-2-5-17(12-18)6-9-21-10-7-17/h3-4,11,19H,2,5-10,12H2,1H3. The Hall–Kier alpha value is -1.55. The van der Waals surface area contributed by atoms with E-state index in [9.17, 15) is 9.90 Å². The summed E-state index contributed by atoms with van der Waals surface area (Å²) in [4.78, 5) is 14.8. The number of likely N-dealkylation sites (tertiary alicyclic amines) is 1. The average Bonchev–Trinajstić information content (AvgIpc) is 2.50. The fourth-order valence-corrected chi connectivity index (χ4v) is 3.60. The first-order valence-corrected chi connectivity index (χ1v) is 7.76. The van der Waals surface area contributed by atoms with Gasteiger partial charge in [-0.25, -0.2) is 0 Å². The molecule has 114 valence electrons. The number of amides is 1. The van der Waals surface area contributed by atoms with E-state index >= 15 is 0 Å². The van der Waals surface area contributed by atoms with Crippen molar-refractivity contribution in [2.45, 2.75) is 32.6 Å². The molecule has 3 rings (SSSR count). The van der Waals surface area contributed by atoms with Crippen LogP contribution >= 0.6 is 0 Å². The Morgan fingerprint density at radius 1 is 1.29 bits per heavy atom. The highest BCUT2D eigenvalue weighted by Gasteiger charge is 2.38. The van der Waals surface area contributed by atoms with Crippen molar-refractivity contribution < 1.29 is 14.6 Å². The van der Waals surface area contributed by atoms with Gasteiger partial charge in [0.05, 0.1) is 0 Å². The quantitative estimate of drug-likeness (QED) is 0.865. The molecular formula is C17H23NO3. The number of ether oxygens (including phenoxy) is 1. The molecule has 0 atom stereocenters. The first-order chi connectivity index (χ1) is 10.1. The molecule has 1 N–H and O–H groups in total. The van der Waals surface area contributed by atoms with E-state index in [2.05, 4.69) is 0 Å². The van der Waals surface area contributed by atoms with Gasteiger partial charge in [0.15, 0.2) is 0 Å². The largest absolute Gasteiger partial charge is 0.508 e. The smallest absolute Gasteiger partial charge is 0.254 e. The molecule has 1 spiro atoms. The van der Waals surface area contributed by atoms with Gasteiger partial charge in [0.2, 0.25) is 0 Å². The van der Waals surface area contributed by atoms with Gasteiger partial charge >= 0.3 is 0 Å². The van der Waals surface area contributed by atoms with E-state index in [1.54, 1.807) is 18.2 Å². The first kappa shape index (κ1) is 14.4. The van der Waals surface area contributed by atoms with Gasteiger partial charge in [-0.05, 0) is 55.7 Å². The van der Waals surface area contributed by atoms with Crippen molar-refractivity contribution in [2.24, 2.45) is 5.41 Å². The minimum absolute atomic E-state index is 0.0500. The van der Waals surface area contributed by atoms with Gasteiger partial charge in [0.1, 0.15) is 5.75 Å². The van der Waals surface area contributed by atoms with Crippen molar-refractivity contribution in [3.05, 3.63) is 29.3 Å². The van der Waals surface area contributed by atoms with E-state index in [-0.39, 0.29) is 17.1 Å². The number of hydrogen-bond donors (Lipinski definition) is 1. The summed E-state index contributed by atoms with van der Waals surface area (Å²) in [6.07, 6.45) is 4.36. The number of phenols is 1. The fraction of sp³-hybridized carbons (Fsp3) is 0.588. The van der Waals surface area contributed by atoms with Crippen LogP contribution in [0.4, 0.5) is 0 Å². The van der Waals surface area contributed by atoms with Crippen LogP contribution in [0.25, 0.3) is 0 Å². The van der Waals surface area contributed by atoms with Gasteiger partial charge in [0, 0.05) is 31.9 Å². The summed E-state index contributed by atoms with van der Waals surface area (Å²) >= 11 is 0. The predicted octanol–water partition coefficient (Wildman–Crippen LogP) is 2.73. The Kier molecular flexibility index (Phi) is 3.89. The molecule has 0 aromatic heterocycles. The van der Waals surface area contributed by atoms with Gasteiger partial charge in [-0.3, -0.25) is 4.79 Å². The number of piperidine rings is 1. The normalized spacial score (nSPS) is 21.5. The second-order valence-electron chi connectivity index (χ2n) is 6.44. The molecule has 0 saturated carbocycles. The molecule has 1 amide bonds. The minimum atomic E-state index is 0.0500. The number of phenolic OH excluding ortho intramolecular Hbond substituents is 1. The van der Waals surface area contributed by atoms with E-state index in [0.717, 1.165) is 51.1 Å². The average molecular weight is 289 g/mol. The van der Waals surface area contributed by atoms with Gasteiger partial charge in [-0.1, -0.05) is 6.07 Å². The topological polar surface area (TPSA) is 49.8 Å². The summed E-state index contributed by atoms with van der Waals surface area (Å²) in [5.74, 6) is 0.204. The van der Waals surface area contributed by atoms with Crippen molar-refractivity contribution >= 4 is 5.91 Å². The molecule has 1 aromatic carbocycles. The SMILES string of the molecule is Cc1ccc(O)cc1C(=O)N1CCCC2(CCOCC2)C1. The molecule has 2 fully saturated rings. The molecule has 2 aliphatic heterocycles. The lowest BCUT2D eigenvalue weighted by molar-refractivity contribution is -0.0229. The summed E-state index contributed by atoms with van der Waals surface area (Å²) in [7, 11) is 0. The third-order valence-corrected chi connectivity index (χ3v) is 4.95. The van der Waals surface area contributed by atoms with Crippen molar-refractivity contribution in [2.75, 3.05) is 26.3 Å². The van der Waals surface area contributed by atoms with Crippen LogP contribution in [0.1, 0.15) is 41.6 Å². The summed E-state index contributed by atoms with van der Waals surface area (Å²) in [5, 5.41) is 9.64. The van der Waals surface area contributed by atoms with Gasteiger partial charge in [0.25, 0.3) is 5.91 Å². The summed E-state index contributed by atoms with van der Waals surface area (Å²) in [6, 6.07) is 5.02. The highest BCUT2D eigenvalue weighted by Crippen LogP contribution is 2.39. The monoisotopic (exact) mass is 289 g/mol. The van der Waals surface area contributed by atoms with E-state index in [4.69, 9.17) is 4.74 Å². The number of aryl methyl sites for hydroxylation is 1. The Labute approximate surface area is 125 Å². The summed E-state index contributed by atoms with van der Waals surface area (Å²) in [5.41, 5.74) is 1.79. The number of nitrogens with zero attached hydrogens (tertiary/aromatic N) is 1. The number of rotatable bonds is 1. The van der Waals surface area contributed by atoms with Crippen molar-refractivity contribution in [1.82, 2.24) is 4.90 Å². The predicted molar refractivity (Wildman–Crippen MR) is 80.5 cm³/mol. The maximum absolute atomic E-state index is 12.8. The molecule has 0 aliphatic carbocycles. The third-order valence-electron chi connectivity index (χ3n) is 4.95. The molecule has 2 heterocycles. The van der Waals surface area contributed by atoms with Crippen LogP contribution in [-0.2, 0) is 4.74 Å². The van der Waals surface area contributed by atoms with Crippen LogP contribution in [0.3, 0.4) is 0 Å². The van der Waals surface area contributed by atoms with Gasteiger partial charge < -0.3 is 14.7 Å². The molecule has 21 heavy (non-hydrogen) atoms. The first-order valence-electron chi connectivity index (χ1n) is 7.76. The molecule has 2 saturated heterocycles. The Morgan fingerprint density at radius 2 is 2.05 bits per heavy atom. The maximum atomic E-state index is 12.8. The van der Waals surface area contributed by atoms with Crippen LogP contribution in [0.15, 0.2) is 18.2 Å². The third kappa shape index (κ3) is 2.91. The molecule has 0 radical (unpaired) electrons. The van der Waals surface area contributed by atoms with Crippen molar-refractivity contribution in [1.29, 1.82) is 0 Å². The molecule has 4 heteroatoms. The zero-order chi connectivity index (χ0) is 14.9. The number of aromatic hydroxyl groups is 1. The number of carbonyl (C=O) groups is 1. The van der Waals surface area contributed by atoms with Crippen LogP contribution in [0.5, 0.6) is 5.75 Å². The lowest BCUT2D eigenvalue weighted by Crippen LogP contribution is -2.48. The maximum Gasteiger partial charge on any atom is 0.254 e. The Bertz CT molecular complexity index is 529. The van der Waals surface area contributed by atoms with Crippen molar-refractivity contribution in [3.8, 4) is 5.75 Å². The highest BCUT2D eigenvalue weighted by atomic mass is 16.5. The molecule has 2 aliphatic rings. The molecule has 0 unspecified atom stereocenters. The zero-order valence-corrected chi connectivity index (χ0v) is 12.6. The van der Waals surface area contributed by atoms with Gasteiger partial charge in [-0.15, -0.1) is 0 Å². The minimum Gasteiger partial charge on any atom is -0.508 e. The Morgan fingerprint density at radius 3 is 2.81 bits per heavy atom. The second-order valence-corrected chi connectivity index (χ2v) is 6.44. The number of carbonyl (C=O) groups excluding carboxylic acids is 1. The van der Waals surface area contributed by atoms with E-state index in [1.165, 1.54) is 6.42 Å². The van der Waals surface area contributed by atoms with Crippen LogP contribution in [-0.4, -0.2) is 42.2 Å². The Balaban J connectivity index is 1.79. The lowest BCUT2D eigenvalue weighted by Gasteiger charge is -2.45. The molecular weight excluding hydrogens is 266 g/mol. The lowest BCUT2D eigenvalue weighted by atomic mass is 9.74. The van der Waals surface area contributed by atoms with Gasteiger partial charge in [-0.2, -0.15) is 0 Å². The summed E-state index contributed by atoms with van der Waals surface area (Å²) in [6.45, 7) is 5.18. The number of hydrogen-bond acceptors (Lipinski definition) is 3. The molecule has 0 bridgehead atoms. The number of benzene rings is 1. The highest BCUT2D eigenvalue weighted by molar-refractivity contribution is 5.96. The zero-order valence-electron chi connectivity index (χ0n) is 12.6. The summed E-state index contributed by atoms with van der Waals surface area (Å²) < 4.78 is 5.48. The van der Waals surface area contributed by atoms with Crippen LogP contribution in [0, 0.1) is 12.3 Å². The van der Waals surface area contributed by atoms with E-state index in [0.29, 0.717) is 5.56 Å². The van der Waals surface area contributed by atoms with Crippen LogP contribution in [0.2, 0.25) is 0 Å². The van der Waals surface area contributed by atoms with Crippen molar-refractivity contribution in [3.63, 3.8) is 0 Å². The molecule has 1 aromatic rings. The fourth-order valence-electron chi connectivity index (χ4n) is 3.60. The second kappa shape index (κ2) is 5.68. The van der Waals surface area contributed by atoms with E-state index in [1.807, 2.05) is 11.8 Å². The molecule has 4 nitrogen and oxygen atoms in total.